The maximum atomic E-state index is 10.6. The maximum Gasteiger partial charge on any atom is 0.0609 e. The highest BCUT2D eigenvalue weighted by Crippen LogP contribution is 2.79. The third-order valence-electron chi connectivity index (χ3n) is 6.29. The Morgan fingerprint density at radius 1 is 1.12 bits per heavy atom. The minimum absolute atomic E-state index is 0.0333. The number of aliphatic hydroxyl groups excluding tert-OH is 1. The second-order valence-electron chi connectivity index (χ2n) is 7.99. The van der Waals surface area contributed by atoms with Crippen LogP contribution in [0.5, 0.6) is 0 Å². The lowest BCUT2D eigenvalue weighted by Gasteiger charge is -2.51. The Morgan fingerprint density at radius 2 is 1.81 bits per heavy atom. The molecule has 0 bridgehead atoms. The van der Waals surface area contributed by atoms with Crippen molar-refractivity contribution < 1.29 is 5.11 Å². The Labute approximate surface area is 99.6 Å². The third-order valence-corrected chi connectivity index (χ3v) is 6.29. The summed E-state index contributed by atoms with van der Waals surface area (Å²) in [6.07, 6.45) is 6.35. The summed E-state index contributed by atoms with van der Waals surface area (Å²) in [5, 5.41) is 10.6. The standard InChI is InChI=1S/C15H26O/c1-10-5-6-14(4)9-15(14)11(10)7-13(2,3)8-12(15)16/h10-12,16H,5-9H2,1-4H3/t10-,11+,12+,14+,15+/m0/s1. The average Bonchev–Trinajstić information content (AvgIpc) is 2.77. The Balaban J connectivity index is 1.97. The molecule has 0 saturated heterocycles. The van der Waals surface area contributed by atoms with Crippen LogP contribution in [0.1, 0.15) is 59.8 Å². The van der Waals surface area contributed by atoms with Crippen LogP contribution in [-0.4, -0.2) is 11.2 Å². The Kier molecular flexibility index (Phi) is 1.98. The van der Waals surface area contributed by atoms with Gasteiger partial charge in [0.2, 0.25) is 0 Å². The molecule has 3 aliphatic carbocycles. The van der Waals surface area contributed by atoms with Crippen LogP contribution in [0.15, 0.2) is 0 Å². The number of hydrogen-bond acceptors (Lipinski definition) is 1. The van der Waals surface area contributed by atoms with Crippen molar-refractivity contribution in [1.29, 1.82) is 0 Å². The molecule has 0 aromatic carbocycles. The van der Waals surface area contributed by atoms with E-state index in [1.54, 1.807) is 0 Å². The van der Waals surface area contributed by atoms with E-state index in [1.165, 1.54) is 25.7 Å². The zero-order valence-electron chi connectivity index (χ0n) is 11.2. The molecule has 1 N–H and O–H groups in total. The third kappa shape index (κ3) is 1.16. The van der Waals surface area contributed by atoms with E-state index < -0.39 is 0 Å². The number of aliphatic hydroxyl groups is 1. The summed E-state index contributed by atoms with van der Waals surface area (Å²) in [5.74, 6) is 1.61. The lowest BCUT2D eigenvalue weighted by molar-refractivity contribution is -0.0908. The molecule has 1 nitrogen and oxygen atoms in total. The second-order valence-corrected chi connectivity index (χ2v) is 7.99. The van der Waals surface area contributed by atoms with Gasteiger partial charge in [-0.1, -0.05) is 27.7 Å². The van der Waals surface area contributed by atoms with Crippen molar-refractivity contribution in [2.75, 3.05) is 0 Å². The highest BCUT2D eigenvalue weighted by Gasteiger charge is 2.74. The zero-order valence-corrected chi connectivity index (χ0v) is 11.2. The molecule has 0 aromatic heterocycles. The van der Waals surface area contributed by atoms with E-state index in [4.69, 9.17) is 0 Å². The fraction of sp³-hybridized carbons (Fsp3) is 1.00. The molecule has 3 fully saturated rings. The molecule has 0 radical (unpaired) electrons. The zero-order chi connectivity index (χ0) is 11.8. The van der Waals surface area contributed by atoms with Crippen LogP contribution in [-0.2, 0) is 0 Å². The van der Waals surface area contributed by atoms with Crippen molar-refractivity contribution >= 4 is 0 Å². The van der Waals surface area contributed by atoms with E-state index >= 15 is 0 Å². The fourth-order valence-electron chi connectivity index (χ4n) is 5.29. The van der Waals surface area contributed by atoms with Gasteiger partial charge in [-0.15, -0.1) is 0 Å². The highest BCUT2D eigenvalue weighted by atomic mass is 16.3. The predicted octanol–water partition coefficient (Wildman–Crippen LogP) is 3.61. The summed E-state index contributed by atoms with van der Waals surface area (Å²) in [5.41, 5.74) is 1.16. The molecule has 1 heteroatoms. The Morgan fingerprint density at radius 3 is 2.50 bits per heavy atom. The Bertz CT molecular complexity index is 321. The highest BCUT2D eigenvalue weighted by molar-refractivity contribution is 5.23. The van der Waals surface area contributed by atoms with Gasteiger partial charge >= 0.3 is 0 Å². The van der Waals surface area contributed by atoms with Gasteiger partial charge in [-0.3, -0.25) is 0 Å². The first-order valence-corrected chi connectivity index (χ1v) is 6.99. The van der Waals surface area contributed by atoms with Gasteiger partial charge in [0.05, 0.1) is 6.10 Å². The van der Waals surface area contributed by atoms with Gasteiger partial charge in [-0.25, -0.2) is 0 Å². The smallest absolute Gasteiger partial charge is 0.0609 e. The minimum Gasteiger partial charge on any atom is -0.392 e. The van der Waals surface area contributed by atoms with Crippen molar-refractivity contribution in [2.45, 2.75) is 65.9 Å². The average molecular weight is 222 g/mol. The SMILES string of the molecule is C[C@H]1CC[C@]2(C)C[C@@]23[C@H](O)CC(C)(C)C[C@H]13. The molecule has 3 aliphatic rings. The molecule has 1 spiro atoms. The van der Waals surface area contributed by atoms with E-state index in [0.717, 1.165) is 18.3 Å². The predicted molar refractivity (Wildman–Crippen MR) is 66.1 cm³/mol. The molecule has 5 atom stereocenters. The summed E-state index contributed by atoms with van der Waals surface area (Å²) in [7, 11) is 0. The first-order chi connectivity index (χ1) is 7.31. The topological polar surface area (TPSA) is 20.2 Å². The van der Waals surface area contributed by atoms with Crippen molar-refractivity contribution in [1.82, 2.24) is 0 Å². The van der Waals surface area contributed by atoms with E-state index in [9.17, 15) is 5.11 Å². The normalized spacial score (nSPS) is 58.7. The molecule has 0 amide bonds. The van der Waals surface area contributed by atoms with E-state index in [2.05, 4.69) is 27.7 Å². The van der Waals surface area contributed by atoms with E-state index in [1.807, 2.05) is 0 Å². The first-order valence-electron chi connectivity index (χ1n) is 6.99. The summed E-state index contributed by atoms with van der Waals surface area (Å²) in [6, 6.07) is 0. The summed E-state index contributed by atoms with van der Waals surface area (Å²) < 4.78 is 0. The quantitative estimate of drug-likeness (QED) is 0.664. The molecule has 0 aromatic rings. The van der Waals surface area contributed by atoms with Gasteiger partial charge in [-0.05, 0) is 54.8 Å². The van der Waals surface area contributed by atoms with Gasteiger partial charge in [0.15, 0.2) is 0 Å². The lowest BCUT2D eigenvalue weighted by atomic mass is 9.55. The van der Waals surface area contributed by atoms with Crippen LogP contribution in [0, 0.1) is 28.1 Å². The monoisotopic (exact) mass is 222 g/mol. The molecular formula is C15H26O. The fourth-order valence-corrected chi connectivity index (χ4v) is 5.29. The summed E-state index contributed by atoms with van der Waals surface area (Å²) in [4.78, 5) is 0. The van der Waals surface area contributed by atoms with Crippen molar-refractivity contribution in [3.8, 4) is 0 Å². The summed E-state index contributed by atoms with van der Waals surface area (Å²) in [6.45, 7) is 9.51. The molecule has 92 valence electrons. The second kappa shape index (κ2) is 2.85. The summed E-state index contributed by atoms with van der Waals surface area (Å²) >= 11 is 0. The minimum atomic E-state index is -0.0333. The van der Waals surface area contributed by atoms with Crippen molar-refractivity contribution in [3.63, 3.8) is 0 Å². The van der Waals surface area contributed by atoms with Gasteiger partial charge < -0.3 is 5.11 Å². The van der Waals surface area contributed by atoms with Crippen LogP contribution in [0.3, 0.4) is 0 Å². The van der Waals surface area contributed by atoms with E-state index in [0.29, 0.717) is 16.2 Å². The van der Waals surface area contributed by atoms with Gasteiger partial charge in [0, 0.05) is 5.41 Å². The van der Waals surface area contributed by atoms with Crippen LogP contribution < -0.4 is 0 Å². The molecular weight excluding hydrogens is 196 g/mol. The molecule has 16 heavy (non-hydrogen) atoms. The Hall–Kier alpha value is -0.0400. The lowest BCUT2D eigenvalue weighted by Crippen LogP contribution is -2.48. The number of hydrogen-bond donors (Lipinski definition) is 1. The van der Waals surface area contributed by atoms with Gasteiger partial charge in [0.1, 0.15) is 0 Å². The van der Waals surface area contributed by atoms with Crippen molar-refractivity contribution in [2.24, 2.45) is 28.1 Å². The molecule has 3 rings (SSSR count). The van der Waals surface area contributed by atoms with Crippen LogP contribution in [0.25, 0.3) is 0 Å². The van der Waals surface area contributed by atoms with E-state index in [-0.39, 0.29) is 6.10 Å². The van der Waals surface area contributed by atoms with Gasteiger partial charge in [0.25, 0.3) is 0 Å². The molecule has 3 saturated carbocycles. The molecule has 0 unspecified atom stereocenters. The van der Waals surface area contributed by atoms with Crippen LogP contribution >= 0.6 is 0 Å². The van der Waals surface area contributed by atoms with Crippen LogP contribution in [0.4, 0.5) is 0 Å². The van der Waals surface area contributed by atoms with Crippen molar-refractivity contribution in [3.05, 3.63) is 0 Å². The largest absolute Gasteiger partial charge is 0.392 e. The number of rotatable bonds is 0. The van der Waals surface area contributed by atoms with Gasteiger partial charge in [-0.2, -0.15) is 0 Å². The molecule has 0 aliphatic heterocycles. The first kappa shape index (κ1) is 11.1. The maximum absolute atomic E-state index is 10.6. The van der Waals surface area contributed by atoms with Crippen LogP contribution in [0.2, 0.25) is 0 Å². The molecule has 0 heterocycles.